The first-order valence-electron chi connectivity index (χ1n) is 6.75. The van der Waals surface area contributed by atoms with Gasteiger partial charge in [0.05, 0.1) is 18.1 Å². The van der Waals surface area contributed by atoms with E-state index in [1.807, 2.05) is 43.3 Å². The van der Waals surface area contributed by atoms with E-state index in [9.17, 15) is 0 Å². The van der Waals surface area contributed by atoms with Crippen LogP contribution in [0.15, 0.2) is 60.0 Å². The van der Waals surface area contributed by atoms with Gasteiger partial charge in [-0.05, 0) is 30.7 Å². The van der Waals surface area contributed by atoms with Gasteiger partial charge in [-0.1, -0.05) is 18.2 Å². The summed E-state index contributed by atoms with van der Waals surface area (Å²) in [5.74, 6) is 1.60. The molecule has 2 heterocycles. The molecule has 1 aromatic carbocycles. The molecule has 0 aliphatic rings. The molecule has 3 aromatic rings. The van der Waals surface area contributed by atoms with Gasteiger partial charge in [0.15, 0.2) is 0 Å². The second kappa shape index (κ2) is 6.09. The molecule has 0 saturated carbocycles. The molecule has 3 rings (SSSR count). The van der Waals surface area contributed by atoms with Crippen molar-refractivity contribution in [1.82, 2.24) is 14.6 Å². The first-order valence-corrected chi connectivity index (χ1v) is 6.75. The monoisotopic (exact) mass is 293 g/mol. The van der Waals surface area contributed by atoms with E-state index in [2.05, 4.69) is 15.1 Å². The number of aromatic nitrogens is 3. The molecule has 0 saturated heterocycles. The van der Waals surface area contributed by atoms with Crippen LogP contribution in [-0.2, 0) is 0 Å². The van der Waals surface area contributed by atoms with Gasteiger partial charge in [0.25, 0.3) is 0 Å². The topological polar surface area (TPSA) is 78.3 Å². The van der Waals surface area contributed by atoms with Crippen LogP contribution in [0.3, 0.4) is 0 Å². The summed E-state index contributed by atoms with van der Waals surface area (Å²) in [5.41, 5.74) is 7.45. The number of rotatable bonds is 4. The Morgan fingerprint density at radius 2 is 2.14 bits per heavy atom. The summed E-state index contributed by atoms with van der Waals surface area (Å²) in [4.78, 5) is 8.22. The molecular formula is C16H15N5O. The Morgan fingerprint density at radius 1 is 1.23 bits per heavy atom. The first-order chi connectivity index (χ1) is 10.7. The predicted octanol–water partition coefficient (Wildman–Crippen LogP) is 2.84. The lowest BCUT2D eigenvalue weighted by Gasteiger charge is -2.04. The normalized spacial score (nSPS) is 11.0. The van der Waals surface area contributed by atoms with E-state index in [4.69, 9.17) is 10.5 Å². The zero-order valence-corrected chi connectivity index (χ0v) is 12.0. The van der Waals surface area contributed by atoms with Crippen LogP contribution < -0.4 is 10.5 Å². The van der Waals surface area contributed by atoms with Gasteiger partial charge in [0.1, 0.15) is 5.75 Å². The standard InChI is InChI=1S/C16H15N5O/c1-12-11-21(16(17)20-12)19-10-13-5-4-6-14(9-13)22-15-7-2-3-8-18-15/h2-11H,1H3,(H2,17,20). The lowest BCUT2D eigenvalue weighted by atomic mass is 10.2. The maximum absolute atomic E-state index is 5.74. The van der Waals surface area contributed by atoms with Crippen molar-refractivity contribution in [2.75, 3.05) is 5.73 Å². The molecule has 6 nitrogen and oxygen atoms in total. The van der Waals surface area contributed by atoms with E-state index in [1.165, 1.54) is 4.68 Å². The fourth-order valence-corrected chi connectivity index (χ4v) is 1.91. The van der Waals surface area contributed by atoms with E-state index in [0.29, 0.717) is 17.6 Å². The minimum absolute atomic E-state index is 0.356. The summed E-state index contributed by atoms with van der Waals surface area (Å²) in [6.45, 7) is 1.86. The molecule has 0 amide bonds. The van der Waals surface area contributed by atoms with Crippen molar-refractivity contribution in [1.29, 1.82) is 0 Å². The van der Waals surface area contributed by atoms with Crippen LogP contribution in [-0.4, -0.2) is 20.9 Å². The summed E-state index contributed by atoms with van der Waals surface area (Å²) < 4.78 is 7.21. The molecule has 0 spiro atoms. The third kappa shape index (κ3) is 3.29. The van der Waals surface area contributed by atoms with Crippen molar-refractivity contribution in [2.24, 2.45) is 5.10 Å². The third-order valence-electron chi connectivity index (χ3n) is 2.88. The molecule has 0 atom stereocenters. The Kier molecular flexibility index (Phi) is 3.82. The third-order valence-corrected chi connectivity index (χ3v) is 2.88. The average molecular weight is 293 g/mol. The number of nitrogens with zero attached hydrogens (tertiary/aromatic N) is 4. The molecule has 0 unspecified atom stereocenters. The van der Waals surface area contributed by atoms with Crippen molar-refractivity contribution < 1.29 is 4.74 Å². The SMILES string of the molecule is Cc1cn(N=Cc2cccc(Oc3ccccn3)c2)c(N)n1. The molecule has 0 fully saturated rings. The number of aryl methyl sites for hydroxylation is 1. The van der Waals surface area contributed by atoms with E-state index in [-0.39, 0.29) is 0 Å². The fraction of sp³-hybridized carbons (Fsp3) is 0.0625. The smallest absolute Gasteiger partial charge is 0.221 e. The molecular weight excluding hydrogens is 278 g/mol. The highest BCUT2D eigenvalue weighted by Crippen LogP contribution is 2.19. The fourth-order valence-electron chi connectivity index (χ4n) is 1.91. The minimum atomic E-state index is 0.356. The maximum Gasteiger partial charge on any atom is 0.221 e. The van der Waals surface area contributed by atoms with Gasteiger partial charge in [0.2, 0.25) is 11.8 Å². The Morgan fingerprint density at radius 3 is 2.86 bits per heavy atom. The molecule has 0 aliphatic heterocycles. The molecule has 2 aromatic heterocycles. The number of benzene rings is 1. The molecule has 0 radical (unpaired) electrons. The van der Waals surface area contributed by atoms with Crippen molar-refractivity contribution in [3.8, 4) is 11.6 Å². The minimum Gasteiger partial charge on any atom is -0.439 e. The highest BCUT2D eigenvalue weighted by atomic mass is 16.5. The average Bonchev–Trinajstić information content (AvgIpc) is 2.84. The number of hydrogen-bond donors (Lipinski definition) is 1. The predicted molar refractivity (Wildman–Crippen MR) is 85.1 cm³/mol. The number of hydrogen-bond acceptors (Lipinski definition) is 5. The Labute approximate surface area is 127 Å². The molecule has 110 valence electrons. The number of pyridine rings is 1. The van der Waals surface area contributed by atoms with Crippen LogP contribution >= 0.6 is 0 Å². The van der Waals surface area contributed by atoms with Gasteiger partial charge in [-0.15, -0.1) is 0 Å². The molecule has 6 heteroatoms. The summed E-state index contributed by atoms with van der Waals surface area (Å²) >= 11 is 0. The van der Waals surface area contributed by atoms with E-state index in [0.717, 1.165) is 11.3 Å². The lowest BCUT2D eigenvalue weighted by Crippen LogP contribution is -1.97. The van der Waals surface area contributed by atoms with Crippen molar-refractivity contribution in [2.45, 2.75) is 6.92 Å². The highest BCUT2D eigenvalue weighted by molar-refractivity contribution is 5.80. The van der Waals surface area contributed by atoms with Gasteiger partial charge in [-0.3, -0.25) is 0 Å². The number of nitrogen functional groups attached to an aromatic ring is 1. The molecule has 22 heavy (non-hydrogen) atoms. The molecule has 0 aliphatic carbocycles. The Hall–Kier alpha value is -3.15. The zero-order chi connectivity index (χ0) is 15.4. The van der Waals surface area contributed by atoms with Gasteiger partial charge in [0, 0.05) is 12.3 Å². The van der Waals surface area contributed by atoms with Crippen LogP contribution in [0.5, 0.6) is 11.6 Å². The van der Waals surface area contributed by atoms with E-state index in [1.54, 1.807) is 24.7 Å². The number of anilines is 1. The largest absolute Gasteiger partial charge is 0.439 e. The van der Waals surface area contributed by atoms with Crippen LogP contribution in [0.4, 0.5) is 5.95 Å². The van der Waals surface area contributed by atoms with Crippen molar-refractivity contribution in [3.63, 3.8) is 0 Å². The molecule has 2 N–H and O–H groups in total. The quantitative estimate of drug-likeness (QED) is 0.750. The zero-order valence-electron chi connectivity index (χ0n) is 12.0. The Bertz CT molecular complexity index is 795. The highest BCUT2D eigenvalue weighted by Gasteiger charge is 2.00. The Balaban J connectivity index is 1.78. The van der Waals surface area contributed by atoms with E-state index < -0.39 is 0 Å². The van der Waals surface area contributed by atoms with Crippen LogP contribution in [0, 0.1) is 6.92 Å². The van der Waals surface area contributed by atoms with Crippen molar-refractivity contribution in [3.05, 3.63) is 66.1 Å². The number of imidazole rings is 1. The number of nitrogens with two attached hydrogens (primary N) is 1. The molecule has 0 bridgehead atoms. The van der Waals surface area contributed by atoms with Gasteiger partial charge in [-0.25, -0.2) is 14.6 Å². The van der Waals surface area contributed by atoms with Crippen molar-refractivity contribution >= 4 is 12.2 Å². The van der Waals surface area contributed by atoms with Gasteiger partial charge in [-0.2, -0.15) is 5.10 Å². The second-order valence-electron chi connectivity index (χ2n) is 4.67. The second-order valence-corrected chi connectivity index (χ2v) is 4.67. The summed E-state index contributed by atoms with van der Waals surface area (Å²) in [6.07, 6.45) is 5.15. The van der Waals surface area contributed by atoms with Crippen LogP contribution in [0.25, 0.3) is 0 Å². The summed E-state index contributed by atoms with van der Waals surface area (Å²) in [5, 5.41) is 4.28. The van der Waals surface area contributed by atoms with Crippen LogP contribution in [0.2, 0.25) is 0 Å². The van der Waals surface area contributed by atoms with Gasteiger partial charge >= 0.3 is 0 Å². The maximum atomic E-state index is 5.74. The van der Waals surface area contributed by atoms with Gasteiger partial charge < -0.3 is 10.5 Å². The lowest BCUT2D eigenvalue weighted by molar-refractivity contribution is 0.463. The van der Waals surface area contributed by atoms with E-state index >= 15 is 0 Å². The van der Waals surface area contributed by atoms with Crippen LogP contribution in [0.1, 0.15) is 11.3 Å². The summed E-state index contributed by atoms with van der Waals surface area (Å²) in [6, 6.07) is 13.1. The first kappa shape index (κ1) is 13.8. The number of ether oxygens (including phenoxy) is 1. The summed E-state index contributed by atoms with van der Waals surface area (Å²) in [7, 11) is 0.